The van der Waals surface area contributed by atoms with Gasteiger partial charge >= 0.3 is 11.8 Å². The Hall–Kier alpha value is -2.83. The highest BCUT2D eigenvalue weighted by molar-refractivity contribution is 7.93. The maximum absolute atomic E-state index is 13.8. The van der Waals surface area contributed by atoms with Gasteiger partial charge in [-0.05, 0) is 37.6 Å². The van der Waals surface area contributed by atoms with Gasteiger partial charge in [-0.3, -0.25) is 9.52 Å². The predicted octanol–water partition coefficient (Wildman–Crippen LogP) is 2.83. The first-order valence-electron chi connectivity index (χ1n) is 9.35. The number of hydrogen-bond donors (Lipinski definition) is 1. The zero-order valence-electron chi connectivity index (χ0n) is 16.7. The van der Waals surface area contributed by atoms with Crippen molar-refractivity contribution >= 4 is 33.0 Å². The van der Waals surface area contributed by atoms with Crippen LogP contribution < -0.4 is 4.72 Å². The number of amides is 1. The van der Waals surface area contributed by atoms with Gasteiger partial charge in [0, 0.05) is 18.0 Å². The summed E-state index contributed by atoms with van der Waals surface area (Å²) < 4.78 is 52.1. The molecule has 0 spiro atoms. The van der Waals surface area contributed by atoms with Crippen LogP contribution in [0.1, 0.15) is 21.1 Å². The minimum absolute atomic E-state index is 0.0133. The lowest BCUT2D eigenvalue weighted by Gasteiger charge is -2.25. The summed E-state index contributed by atoms with van der Waals surface area (Å²) in [4.78, 5) is 19.1. The number of rotatable bonds is 5. The number of anilines is 1. The van der Waals surface area contributed by atoms with Gasteiger partial charge in [0.25, 0.3) is 10.0 Å². The lowest BCUT2D eigenvalue weighted by Crippen LogP contribution is -2.40. The van der Waals surface area contributed by atoms with Gasteiger partial charge < -0.3 is 14.2 Å². The van der Waals surface area contributed by atoms with E-state index in [1.807, 2.05) is 0 Å². The number of benzene rings is 1. The second-order valence-corrected chi connectivity index (χ2v) is 9.84. The third kappa shape index (κ3) is 4.45. The number of carbonyl (C=O) groups excluding carboxylic acids is 1. The zero-order valence-corrected chi connectivity index (χ0v) is 18.3. The van der Waals surface area contributed by atoms with E-state index in [2.05, 4.69) is 14.9 Å². The molecule has 2 aromatic heterocycles. The highest BCUT2D eigenvalue weighted by Crippen LogP contribution is 2.33. The molecule has 1 N–H and O–H groups in total. The van der Waals surface area contributed by atoms with Gasteiger partial charge in [0.05, 0.1) is 23.8 Å². The molecule has 0 atom stereocenters. The largest absolute Gasteiger partial charge is 0.378 e. The summed E-state index contributed by atoms with van der Waals surface area (Å²) >= 11 is 1.15. The number of aromatic nitrogens is 2. The number of ether oxygens (including phenoxy) is 1. The van der Waals surface area contributed by atoms with E-state index in [9.17, 15) is 17.6 Å². The molecule has 1 fully saturated rings. The van der Waals surface area contributed by atoms with E-state index in [4.69, 9.17) is 9.26 Å². The number of morpholine rings is 1. The summed E-state index contributed by atoms with van der Waals surface area (Å²) in [5.41, 5.74) is 0.532. The molecule has 1 aliphatic heterocycles. The first-order valence-corrected chi connectivity index (χ1v) is 11.6. The zero-order chi connectivity index (χ0) is 22.2. The maximum Gasteiger partial charge on any atom is 0.316 e. The van der Waals surface area contributed by atoms with Crippen LogP contribution in [-0.4, -0.2) is 55.7 Å². The van der Waals surface area contributed by atoms with E-state index in [1.54, 1.807) is 18.7 Å². The van der Waals surface area contributed by atoms with Gasteiger partial charge in [-0.15, -0.1) is 11.3 Å². The fourth-order valence-electron chi connectivity index (χ4n) is 3.02. The Morgan fingerprint density at radius 2 is 1.97 bits per heavy atom. The minimum atomic E-state index is -3.97. The van der Waals surface area contributed by atoms with Crippen LogP contribution in [0.3, 0.4) is 0 Å². The van der Waals surface area contributed by atoms with Gasteiger partial charge in [0.2, 0.25) is 5.82 Å². The van der Waals surface area contributed by atoms with E-state index < -0.39 is 21.7 Å². The van der Waals surface area contributed by atoms with Crippen LogP contribution in [-0.2, 0) is 14.8 Å². The first-order chi connectivity index (χ1) is 14.7. The van der Waals surface area contributed by atoms with E-state index >= 15 is 0 Å². The molecule has 12 heteroatoms. The normalized spacial score (nSPS) is 14.6. The number of carbonyl (C=O) groups is 1. The monoisotopic (exact) mass is 466 g/mol. The molecule has 164 valence electrons. The molecule has 4 rings (SSSR count). The van der Waals surface area contributed by atoms with Crippen LogP contribution in [0.5, 0.6) is 0 Å². The molecule has 0 unspecified atom stereocenters. The quantitative estimate of drug-likeness (QED) is 0.615. The molecule has 1 aromatic carbocycles. The van der Waals surface area contributed by atoms with Gasteiger partial charge in [-0.1, -0.05) is 11.2 Å². The molecule has 0 radical (unpaired) electrons. The Kier molecular flexibility index (Phi) is 5.77. The average molecular weight is 467 g/mol. The van der Waals surface area contributed by atoms with Crippen molar-refractivity contribution in [2.24, 2.45) is 0 Å². The molecule has 0 aliphatic carbocycles. The molecule has 1 aliphatic rings. The summed E-state index contributed by atoms with van der Waals surface area (Å²) in [6.45, 7) is 4.97. The highest BCUT2D eigenvalue weighted by Gasteiger charge is 2.26. The number of nitrogens with zero attached hydrogens (tertiary/aromatic N) is 3. The molecular formula is C19H19FN4O5S2. The van der Waals surface area contributed by atoms with Gasteiger partial charge in [0.1, 0.15) is 10.7 Å². The highest BCUT2D eigenvalue weighted by atomic mass is 32.2. The number of aryl methyl sites for hydroxylation is 2. The average Bonchev–Trinajstić information content (AvgIpc) is 3.38. The second-order valence-electron chi connectivity index (χ2n) is 6.93. The van der Waals surface area contributed by atoms with Crippen molar-refractivity contribution in [3.63, 3.8) is 0 Å². The van der Waals surface area contributed by atoms with Crippen LogP contribution in [0.15, 0.2) is 33.7 Å². The summed E-state index contributed by atoms with van der Waals surface area (Å²) in [6, 6.07) is 5.51. The number of hydrogen-bond acceptors (Lipinski definition) is 8. The van der Waals surface area contributed by atoms with E-state index in [-0.39, 0.29) is 22.3 Å². The van der Waals surface area contributed by atoms with E-state index in [0.29, 0.717) is 41.6 Å². The van der Waals surface area contributed by atoms with E-state index in [0.717, 1.165) is 17.4 Å². The molecule has 3 aromatic rings. The van der Waals surface area contributed by atoms with Crippen LogP contribution in [0.4, 0.5) is 10.1 Å². The Morgan fingerprint density at radius 3 is 2.68 bits per heavy atom. The van der Waals surface area contributed by atoms with Gasteiger partial charge in [-0.25, -0.2) is 12.8 Å². The van der Waals surface area contributed by atoms with Crippen molar-refractivity contribution in [2.45, 2.75) is 18.7 Å². The fourth-order valence-corrected chi connectivity index (χ4v) is 5.59. The molecule has 9 nitrogen and oxygen atoms in total. The maximum atomic E-state index is 13.8. The van der Waals surface area contributed by atoms with Crippen molar-refractivity contribution in [1.29, 1.82) is 0 Å². The summed E-state index contributed by atoms with van der Waals surface area (Å²) in [6.07, 6.45) is 0. The van der Waals surface area contributed by atoms with Crippen LogP contribution in [0.25, 0.3) is 10.7 Å². The summed E-state index contributed by atoms with van der Waals surface area (Å²) in [7, 11) is -3.97. The van der Waals surface area contributed by atoms with Crippen LogP contribution >= 0.6 is 11.3 Å². The summed E-state index contributed by atoms with van der Waals surface area (Å²) in [5.74, 6) is -0.952. The number of halogens is 1. The molecule has 3 heterocycles. The number of nitrogens with one attached hydrogen (secondary N) is 1. The molecule has 31 heavy (non-hydrogen) atoms. The lowest BCUT2D eigenvalue weighted by atomic mass is 10.2. The Bertz CT molecular complexity index is 1230. The van der Waals surface area contributed by atoms with Crippen molar-refractivity contribution in [2.75, 3.05) is 31.0 Å². The van der Waals surface area contributed by atoms with Crippen LogP contribution in [0.2, 0.25) is 0 Å². The summed E-state index contributed by atoms with van der Waals surface area (Å²) in [5, 5.41) is 3.82. The Balaban J connectivity index is 1.56. The first kappa shape index (κ1) is 21.4. The minimum Gasteiger partial charge on any atom is -0.378 e. The molecule has 1 saturated heterocycles. The third-order valence-electron chi connectivity index (χ3n) is 4.71. The van der Waals surface area contributed by atoms with Gasteiger partial charge in [-0.2, -0.15) is 4.98 Å². The predicted molar refractivity (Wildman–Crippen MR) is 111 cm³/mol. The van der Waals surface area contributed by atoms with Crippen molar-refractivity contribution in [1.82, 2.24) is 15.0 Å². The smallest absolute Gasteiger partial charge is 0.316 e. The Morgan fingerprint density at radius 1 is 1.23 bits per heavy atom. The molecule has 0 saturated carbocycles. The third-order valence-corrected chi connectivity index (χ3v) is 7.40. The molecular weight excluding hydrogens is 447 g/mol. The molecule has 1 amide bonds. The van der Waals surface area contributed by atoms with E-state index in [1.165, 1.54) is 18.2 Å². The number of sulfonamides is 1. The Labute approximate surface area is 181 Å². The standard InChI is InChI=1S/C19H19FN4O5S2/c1-11-3-4-13(9-14(11)20)23-31(26,27)16-10-15(30-12(16)2)17-21-18(29-22-17)19(25)24-5-7-28-8-6-24/h3-4,9-10,23H,5-8H2,1-2H3. The fraction of sp³-hybridized carbons (Fsp3) is 0.316. The number of thiophene rings is 1. The van der Waals surface area contributed by atoms with Crippen molar-refractivity contribution in [3.8, 4) is 10.7 Å². The van der Waals surface area contributed by atoms with Crippen molar-refractivity contribution in [3.05, 3.63) is 46.4 Å². The van der Waals surface area contributed by atoms with Gasteiger partial charge in [0.15, 0.2) is 0 Å². The SMILES string of the molecule is Cc1ccc(NS(=O)(=O)c2cc(-c3noc(C(=O)N4CCOCC4)n3)sc2C)cc1F. The van der Waals surface area contributed by atoms with Crippen molar-refractivity contribution < 1.29 is 26.9 Å². The lowest BCUT2D eigenvalue weighted by molar-refractivity contribution is 0.0272. The second kappa shape index (κ2) is 8.36. The topological polar surface area (TPSA) is 115 Å². The van der Waals surface area contributed by atoms with Crippen LogP contribution in [0, 0.1) is 19.7 Å². The molecule has 0 bridgehead atoms.